The molecule has 2 spiro atoms. The number of hydrogen-bond donors (Lipinski definition) is 2. The van der Waals surface area contributed by atoms with Gasteiger partial charge in [-0.15, -0.1) is 0 Å². The Morgan fingerprint density at radius 3 is 2.40 bits per heavy atom. The van der Waals surface area contributed by atoms with E-state index in [2.05, 4.69) is 15.6 Å². The molecule has 2 saturated heterocycles. The van der Waals surface area contributed by atoms with Crippen LogP contribution in [0.4, 0.5) is 0 Å². The number of pyridine rings is 1. The van der Waals surface area contributed by atoms with Crippen LogP contribution in [-0.2, 0) is 19.1 Å². The number of ether oxygens (including phenoxy) is 2. The summed E-state index contributed by atoms with van der Waals surface area (Å²) >= 11 is 0. The van der Waals surface area contributed by atoms with E-state index in [1.165, 1.54) is 0 Å². The first-order valence-electron chi connectivity index (χ1n) is 15.1. The Bertz CT molecular complexity index is 1610. The summed E-state index contributed by atoms with van der Waals surface area (Å²) in [6.07, 6.45) is 7.93. The molecule has 4 aliphatic rings. The highest BCUT2D eigenvalue weighted by atomic mass is 16.5. The average molecular weight is 582 g/mol. The summed E-state index contributed by atoms with van der Waals surface area (Å²) in [4.78, 5) is 54.1. The second kappa shape index (κ2) is 10.7. The fourth-order valence-corrected chi connectivity index (χ4v) is 6.59. The molecule has 2 aliphatic heterocycles. The molecule has 3 aromatic rings. The largest absolute Gasteiger partial charge is 0.456 e. The predicted octanol–water partition coefficient (Wildman–Crippen LogP) is 3.82. The van der Waals surface area contributed by atoms with Crippen LogP contribution in [0.15, 0.2) is 54.6 Å². The number of aldehydes is 1. The lowest BCUT2D eigenvalue weighted by Gasteiger charge is -2.22. The predicted molar refractivity (Wildman–Crippen MR) is 159 cm³/mol. The van der Waals surface area contributed by atoms with Crippen molar-refractivity contribution in [1.82, 2.24) is 15.6 Å². The van der Waals surface area contributed by atoms with Crippen molar-refractivity contribution in [2.75, 3.05) is 26.4 Å². The molecule has 9 nitrogen and oxygen atoms in total. The van der Waals surface area contributed by atoms with Crippen molar-refractivity contribution >= 4 is 34.7 Å². The van der Waals surface area contributed by atoms with Crippen LogP contribution >= 0.6 is 0 Å². The third-order valence-corrected chi connectivity index (χ3v) is 9.67. The molecule has 0 radical (unpaired) electrons. The first kappa shape index (κ1) is 28.0. The maximum Gasteiger partial charge on any atom is 0.323 e. The Hall–Kier alpha value is -3.79. The van der Waals surface area contributed by atoms with E-state index in [9.17, 15) is 19.2 Å². The topological polar surface area (TPSA) is 124 Å². The summed E-state index contributed by atoms with van der Waals surface area (Å²) in [6, 6.07) is 16.2. The number of fused-ring (bicyclic) bond motifs is 1. The van der Waals surface area contributed by atoms with Gasteiger partial charge in [0.25, 0.3) is 0 Å². The van der Waals surface area contributed by atoms with Crippen LogP contribution in [-0.4, -0.2) is 72.3 Å². The Labute approximate surface area is 249 Å². The summed E-state index contributed by atoms with van der Waals surface area (Å²) in [5.41, 5.74) is 3.05. The van der Waals surface area contributed by atoms with Gasteiger partial charge in [-0.25, -0.2) is 4.98 Å². The summed E-state index contributed by atoms with van der Waals surface area (Å²) < 4.78 is 11.0. The van der Waals surface area contributed by atoms with Crippen molar-refractivity contribution in [3.63, 3.8) is 0 Å². The molecule has 2 N–H and O–H groups in total. The van der Waals surface area contributed by atoms with Gasteiger partial charge in [0.1, 0.15) is 24.6 Å². The Kier molecular flexibility index (Phi) is 6.99. The number of Topliss-reactive ketones (excluding diaryl/α,β-unsaturated/α-hetero) is 2. The van der Waals surface area contributed by atoms with Gasteiger partial charge in [0.2, 0.25) is 5.78 Å². The molecule has 0 amide bonds. The van der Waals surface area contributed by atoms with E-state index < -0.39 is 5.54 Å². The highest BCUT2D eigenvalue weighted by molar-refractivity contribution is 5.99. The van der Waals surface area contributed by atoms with Gasteiger partial charge >= 0.3 is 5.97 Å². The third-order valence-electron chi connectivity index (χ3n) is 9.67. The van der Waals surface area contributed by atoms with Gasteiger partial charge in [-0.05, 0) is 79.7 Å². The molecular weight excluding hydrogens is 546 g/mol. The second-order valence-electron chi connectivity index (χ2n) is 12.9. The molecule has 2 atom stereocenters. The summed E-state index contributed by atoms with van der Waals surface area (Å²) in [6.45, 7) is 0.630. The number of nitrogens with one attached hydrogen (secondary N) is 2. The summed E-state index contributed by atoms with van der Waals surface area (Å²) in [7, 11) is 0. The quantitative estimate of drug-likeness (QED) is 0.198. The normalized spacial score (nSPS) is 24.3. The maximum absolute atomic E-state index is 12.7. The van der Waals surface area contributed by atoms with Crippen molar-refractivity contribution in [1.29, 1.82) is 0 Å². The fraction of sp³-hybridized carbons (Fsp3) is 0.441. The molecule has 0 bridgehead atoms. The minimum Gasteiger partial charge on any atom is -0.456 e. The molecule has 2 aromatic carbocycles. The number of esters is 1. The Morgan fingerprint density at radius 2 is 1.70 bits per heavy atom. The number of aromatic nitrogens is 1. The van der Waals surface area contributed by atoms with Crippen molar-refractivity contribution in [2.24, 2.45) is 5.41 Å². The SMILES string of the molecule is O=CC1(COCC(=O)c2ccc(-c3ccc4nc(C(=O)COC(=O)[C@@H]5CCC6(CC6)N5)ccc4c3)cc2)CC2(CC2)CN1. The highest BCUT2D eigenvalue weighted by Gasteiger charge is 2.55. The van der Waals surface area contributed by atoms with Crippen LogP contribution in [0.25, 0.3) is 22.0 Å². The Balaban J connectivity index is 0.934. The standard InChI is InChI=1S/C34H35N3O6/c38-20-34(18-32(11-12-32)19-35-34)21-42-16-29(39)23-3-1-22(2-4-23)24-5-7-26-25(15-24)6-8-27(36-26)30(40)17-43-31(41)28-9-10-33(37-28)13-14-33/h1-8,15,20,28,35,37H,9-14,16-19,21H2/t28-,34?/m0/s1. The molecule has 2 saturated carbocycles. The van der Waals surface area contributed by atoms with Gasteiger partial charge in [-0.3, -0.25) is 19.7 Å². The molecule has 1 unspecified atom stereocenters. The number of nitrogens with zero attached hydrogens (tertiary/aromatic N) is 1. The summed E-state index contributed by atoms with van der Waals surface area (Å²) in [5, 5.41) is 7.52. The van der Waals surface area contributed by atoms with Crippen LogP contribution in [0.5, 0.6) is 0 Å². The number of benzene rings is 2. The van der Waals surface area contributed by atoms with Gasteiger partial charge in [0, 0.05) is 23.0 Å². The first-order valence-corrected chi connectivity index (χ1v) is 15.1. The molecule has 7 rings (SSSR count). The molecular formula is C34H35N3O6. The second-order valence-corrected chi connectivity index (χ2v) is 12.9. The molecule has 222 valence electrons. The first-order chi connectivity index (χ1) is 20.8. The zero-order chi connectivity index (χ0) is 29.7. The lowest BCUT2D eigenvalue weighted by molar-refractivity contribution is -0.144. The minimum absolute atomic E-state index is 0.0797. The molecule has 43 heavy (non-hydrogen) atoms. The average Bonchev–Trinajstić information content (AvgIpc) is 3.89. The molecule has 1 aromatic heterocycles. The molecule has 9 heteroatoms. The van der Waals surface area contributed by atoms with E-state index >= 15 is 0 Å². The number of carbonyl (C=O) groups is 4. The van der Waals surface area contributed by atoms with E-state index in [-0.39, 0.29) is 60.0 Å². The van der Waals surface area contributed by atoms with Gasteiger partial charge < -0.3 is 19.6 Å². The van der Waals surface area contributed by atoms with Crippen molar-refractivity contribution in [3.8, 4) is 11.1 Å². The van der Waals surface area contributed by atoms with Crippen LogP contribution in [0, 0.1) is 5.41 Å². The smallest absolute Gasteiger partial charge is 0.323 e. The van der Waals surface area contributed by atoms with Crippen LogP contribution in [0.2, 0.25) is 0 Å². The number of ketones is 2. The van der Waals surface area contributed by atoms with Crippen LogP contribution in [0.3, 0.4) is 0 Å². The summed E-state index contributed by atoms with van der Waals surface area (Å²) in [5.74, 6) is -0.846. The number of carbonyl (C=O) groups excluding carboxylic acids is 4. The lowest BCUT2D eigenvalue weighted by atomic mass is 9.93. The number of rotatable bonds is 11. The van der Waals surface area contributed by atoms with Gasteiger partial charge in [-0.1, -0.05) is 36.4 Å². The van der Waals surface area contributed by atoms with Gasteiger partial charge in [-0.2, -0.15) is 0 Å². The molecule has 2 aliphatic carbocycles. The fourth-order valence-electron chi connectivity index (χ4n) is 6.59. The highest BCUT2D eigenvalue weighted by Crippen LogP contribution is 2.54. The van der Waals surface area contributed by atoms with Crippen molar-refractivity contribution in [3.05, 3.63) is 65.9 Å². The molecule has 3 heterocycles. The Morgan fingerprint density at radius 1 is 0.907 bits per heavy atom. The third kappa shape index (κ3) is 5.77. The zero-order valence-electron chi connectivity index (χ0n) is 24.0. The van der Waals surface area contributed by atoms with E-state index in [0.29, 0.717) is 11.1 Å². The lowest BCUT2D eigenvalue weighted by Crippen LogP contribution is -2.46. The van der Waals surface area contributed by atoms with Gasteiger partial charge in [0.15, 0.2) is 12.4 Å². The number of hydrogen-bond acceptors (Lipinski definition) is 9. The van der Waals surface area contributed by atoms with E-state index in [0.717, 1.165) is 74.3 Å². The monoisotopic (exact) mass is 581 g/mol. The van der Waals surface area contributed by atoms with Crippen LogP contribution in [0.1, 0.15) is 65.8 Å². The minimum atomic E-state index is -0.682. The van der Waals surface area contributed by atoms with Crippen molar-refractivity contribution in [2.45, 2.75) is 62.1 Å². The van der Waals surface area contributed by atoms with E-state index in [4.69, 9.17) is 9.47 Å². The van der Waals surface area contributed by atoms with E-state index in [1.807, 2.05) is 36.4 Å². The van der Waals surface area contributed by atoms with Crippen LogP contribution < -0.4 is 10.6 Å². The van der Waals surface area contributed by atoms with Crippen molar-refractivity contribution < 1.29 is 28.7 Å². The molecule has 4 fully saturated rings. The van der Waals surface area contributed by atoms with Gasteiger partial charge in [0.05, 0.1) is 17.7 Å². The zero-order valence-corrected chi connectivity index (χ0v) is 24.0. The van der Waals surface area contributed by atoms with E-state index in [1.54, 1.807) is 18.2 Å². The maximum atomic E-state index is 12.7.